The van der Waals surface area contributed by atoms with E-state index in [1.54, 1.807) is 61.3 Å². The molecule has 0 saturated carbocycles. The van der Waals surface area contributed by atoms with Crippen LogP contribution >= 0.6 is 0 Å². The van der Waals surface area contributed by atoms with Crippen LogP contribution in [0.15, 0.2) is 66.7 Å². The second kappa shape index (κ2) is 14.9. The maximum atomic E-state index is 13.9. The van der Waals surface area contributed by atoms with Crippen molar-refractivity contribution in [3.05, 3.63) is 77.9 Å². The molecule has 0 aliphatic carbocycles. The van der Waals surface area contributed by atoms with Crippen LogP contribution < -0.4 is 24.8 Å². The minimum Gasteiger partial charge on any atom is -0.496 e. The van der Waals surface area contributed by atoms with E-state index < -0.39 is 12.1 Å². The molecule has 0 unspecified atom stereocenters. The maximum absolute atomic E-state index is 13.9. The Hall–Kier alpha value is -5.26. The Balaban J connectivity index is 1.26. The van der Waals surface area contributed by atoms with Crippen molar-refractivity contribution < 1.29 is 33.4 Å². The zero-order valence-electron chi connectivity index (χ0n) is 28.1. The number of ether oxygens (including phenoxy) is 3. The van der Waals surface area contributed by atoms with Gasteiger partial charge in [0.15, 0.2) is 6.61 Å². The lowest BCUT2D eigenvalue weighted by Gasteiger charge is -2.41. The van der Waals surface area contributed by atoms with Gasteiger partial charge in [0.25, 0.3) is 11.8 Å². The molecule has 2 N–H and O–H groups in total. The largest absolute Gasteiger partial charge is 0.496 e. The Bertz CT molecular complexity index is 1690. The Morgan fingerprint density at radius 3 is 2.37 bits per heavy atom. The summed E-state index contributed by atoms with van der Waals surface area (Å²) in [6.45, 7) is 2.01. The molecular weight excluding hydrogens is 626 g/mol. The van der Waals surface area contributed by atoms with Crippen LogP contribution in [0.5, 0.6) is 17.2 Å². The van der Waals surface area contributed by atoms with E-state index in [-0.39, 0.29) is 36.3 Å². The smallest absolute Gasteiger partial charge is 0.319 e. The zero-order chi connectivity index (χ0) is 34.5. The number of fused-ring (bicyclic) bond motifs is 7. The average molecular weight is 670 g/mol. The molecule has 5 amide bonds. The zero-order valence-corrected chi connectivity index (χ0v) is 28.1. The Morgan fingerprint density at radius 1 is 0.878 bits per heavy atom. The summed E-state index contributed by atoms with van der Waals surface area (Å²) in [4.78, 5) is 57.9. The van der Waals surface area contributed by atoms with E-state index in [2.05, 4.69) is 10.6 Å². The summed E-state index contributed by atoms with van der Waals surface area (Å²) >= 11 is 0. The number of nitrogens with one attached hydrogen (secondary N) is 2. The van der Waals surface area contributed by atoms with Gasteiger partial charge in [-0.2, -0.15) is 0 Å². The fraction of sp³-hybridized carbons (Fsp3) is 0.405. The van der Waals surface area contributed by atoms with Crippen molar-refractivity contribution in [3.63, 3.8) is 0 Å². The third-order valence-corrected chi connectivity index (χ3v) is 9.35. The maximum Gasteiger partial charge on any atom is 0.319 e. The van der Waals surface area contributed by atoms with Crippen molar-refractivity contribution in [2.75, 3.05) is 54.0 Å². The minimum atomic E-state index is -0.493. The fourth-order valence-corrected chi connectivity index (χ4v) is 6.61. The number of nitrogens with zero attached hydrogens (tertiary/aromatic N) is 3. The Morgan fingerprint density at radius 2 is 1.63 bits per heavy atom. The highest BCUT2D eigenvalue weighted by Gasteiger charge is 2.38. The van der Waals surface area contributed by atoms with Gasteiger partial charge in [0.1, 0.15) is 23.4 Å². The molecule has 0 aromatic heterocycles. The summed E-state index contributed by atoms with van der Waals surface area (Å²) in [5.74, 6) is 0.991. The number of carbonyl (C=O) groups is 4. The lowest BCUT2D eigenvalue weighted by Crippen LogP contribution is -2.59. The molecule has 2 atom stereocenters. The van der Waals surface area contributed by atoms with Crippen molar-refractivity contribution in [1.29, 1.82) is 0 Å². The van der Waals surface area contributed by atoms with Gasteiger partial charge in [0.2, 0.25) is 5.91 Å². The minimum absolute atomic E-state index is 0.0383. The third-order valence-electron chi connectivity index (χ3n) is 9.35. The molecule has 4 aliphatic heterocycles. The predicted octanol–water partition coefficient (Wildman–Crippen LogP) is 3.54. The summed E-state index contributed by atoms with van der Waals surface area (Å²) < 4.78 is 17.9. The number of likely N-dealkylation sites (tertiary alicyclic amines) is 2. The van der Waals surface area contributed by atoms with E-state index in [1.165, 1.54) is 0 Å². The molecule has 0 radical (unpaired) electrons. The molecule has 0 spiro atoms. The molecule has 2 saturated heterocycles. The highest BCUT2D eigenvalue weighted by atomic mass is 16.5. The first-order valence-corrected chi connectivity index (χ1v) is 16.7. The van der Waals surface area contributed by atoms with Gasteiger partial charge < -0.3 is 39.5 Å². The average Bonchev–Trinajstić information content (AvgIpc) is 3.13. The molecule has 258 valence electrons. The first kappa shape index (κ1) is 33.6. The van der Waals surface area contributed by atoms with Gasteiger partial charge in [-0.15, -0.1) is 0 Å². The van der Waals surface area contributed by atoms with Crippen molar-refractivity contribution in [3.8, 4) is 28.4 Å². The standard InChI is InChI=1S/C37H43N5O7/c1-40(2)37(46)41-16-13-25(14-17-41)36(45)42-18-15-33-31(22-42)39-35(44)27-9-12-32(47-3)30(20-27)26-5-4-6-29(19-26)48-23-34(43)38-21-24-7-10-28(49-33)11-8-24/h4-12,19-20,25,31,33H,13-18,21-23H2,1-3H3,(H,38,43)(H,39,44)/t31-,33-/m1/s1. The fourth-order valence-electron chi connectivity index (χ4n) is 6.61. The van der Waals surface area contributed by atoms with Crippen LogP contribution in [0.2, 0.25) is 0 Å². The van der Waals surface area contributed by atoms with E-state index in [0.717, 1.165) is 11.1 Å². The molecule has 6 bridgehead atoms. The monoisotopic (exact) mass is 669 g/mol. The summed E-state index contributed by atoms with van der Waals surface area (Å²) in [7, 11) is 5.03. The topological polar surface area (TPSA) is 130 Å². The SMILES string of the molecule is COc1ccc2cc1-c1cccc(c1)OCC(=O)NCc1ccc(cc1)O[C@@H]1CCN(C(=O)C3CCN(C(=O)N(C)C)CC3)C[C@H]1NC2=O. The van der Waals surface area contributed by atoms with Crippen LogP contribution in [-0.2, 0) is 16.1 Å². The quantitative estimate of drug-likeness (QED) is 0.427. The van der Waals surface area contributed by atoms with Crippen LogP contribution in [0.3, 0.4) is 0 Å². The predicted molar refractivity (Wildman–Crippen MR) is 182 cm³/mol. The molecule has 12 nitrogen and oxygen atoms in total. The molecule has 49 heavy (non-hydrogen) atoms. The van der Waals surface area contributed by atoms with Crippen molar-refractivity contribution >= 4 is 23.8 Å². The number of rotatable bonds is 2. The summed E-state index contributed by atoms with van der Waals surface area (Å²) in [6, 6.07) is 19.4. The van der Waals surface area contributed by atoms with Crippen LogP contribution in [-0.4, -0.2) is 105 Å². The summed E-state index contributed by atoms with van der Waals surface area (Å²) in [6.07, 6.45) is 1.32. The molecule has 3 aromatic carbocycles. The number of piperidine rings is 2. The highest BCUT2D eigenvalue weighted by molar-refractivity contribution is 5.96. The lowest BCUT2D eigenvalue weighted by molar-refractivity contribution is -0.139. The van der Waals surface area contributed by atoms with E-state index in [9.17, 15) is 19.2 Å². The molecule has 12 heteroatoms. The lowest BCUT2D eigenvalue weighted by atomic mass is 9.93. The van der Waals surface area contributed by atoms with Gasteiger partial charge in [-0.1, -0.05) is 24.3 Å². The van der Waals surface area contributed by atoms with Gasteiger partial charge in [0, 0.05) is 70.3 Å². The Labute approximate surface area is 286 Å². The van der Waals surface area contributed by atoms with E-state index in [0.29, 0.717) is 80.4 Å². The molecule has 3 aromatic rings. The van der Waals surface area contributed by atoms with Crippen molar-refractivity contribution in [1.82, 2.24) is 25.3 Å². The van der Waals surface area contributed by atoms with Crippen LogP contribution in [0, 0.1) is 5.92 Å². The first-order valence-electron chi connectivity index (χ1n) is 16.7. The molecule has 2 fully saturated rings. The first-order chi connectivity index (χ1) is 23.7. The van der Waals surface area contributed by atoms with Crippen LogP contribution in [0.1, 0.15) is 35.2 Å². The number of hydrogen-bond acceptors (Lipinski definition) is 7. The van der Waals surface area contributed by atoms with E-state index in [1.807, 2.05) is 41.3 Å². The van der Waals surface area contributed by atoms with Crippen LogP contribution in [0.25, 0.3) is 11.1 Å². The van der Waals surface area contributed by atoms with Gasteiger partial charge in [0.05, 0.1) is 13.2 Å². The number of amides is 5. The molecule has 4 heterocycles. The third kappa shape index (κ3) is 7.90. The van der Waals surface area contributed by atoms with Gasteiger partial charge in [-0.05, 0) is 66.4 Å². The molecule has 4 aliphatic rings. The van der Waals surface area contributed by atoms with Crippen LogP contribution in [0.4, 0.5) is 4.79 Å². The number of methoxy groups -OCH3 is 1. The number of urea groups is 1. The Kier molecular flexibility index (Phi) is 10.2. The summed E-state index contributed by atoms with van der Waals surface area (Å²) in [5.41, 5.74) is 2.75. The van der Waals surface area contributed by atoms with Gasteiger partial charge >= 0.3 is 6.03 Å². The van der Waals surface area contributed by atoms with Gasteiger partial charge in [-0.25, -0.2) is 4.79 Å². The second-order valence-electron chi connectivity index (χ2n) is 12.9. The van der Waals surface area contributed by atoms with E-state index in [4.69, 9.17) is 14.2 Å². The molecule has 7 rings (SSSR count). The second-order valence-corrected chi connectivity index (χ2v) is 12.9. The van der Waals surface area contributed by atoms with Gasteiger partial charge in [-0.3, -0.25) is 14.4 Å². The number of carbonyl (C=O) groups excluding carboxylic acids is 4. The summed E-state index contributed by atoms with van der Waals surface area (Å²) in [5, 5.41) is 6.07. The van der Waals surface area contributed by atoms with Crippen molar-refractivity contribution in [2.24, 2.45) is 5.92 Å². The number of hydrogen-bond donors (Lipinski definition) is 2. The molecular formula is C37H43N5O7. The number of benzene rings is 3. The normalized spacial score (nSPS) is 20.1. The van der Waals surface area contributed by atoms with E-state index >= 15 is 0 Å². The highest BCUT2D eigenvalue weighted by Crippen LogP contribution is 2.33. The van der Waals surface area contributed by atoms with Crippen molar-refractivity contribution in [2.45, 2.75) is 38.0 Å².